The summed E-state index contributed by atoms with van der Waals surface area (Å²) in [5, 5.41) is 18.9. The second kappa shape index (κ2) is 16.8. The maximum Gasteiger partial charge on any atom is 0.338 e. The zero-order chi connectivity index (χ0) is 26.4. The number of aliphatic hydroxyl groups is 2. The standard InChI is InChI=1S/C13H20O4.C13H24O4/c1-8(2)6-15-11-10(5)17-13(14)12(11)16-7-9(3)4;1-9(2)7-16-12(6-14)13(11(5)15)17-8-10(3)4/h10-12H,1,3,6-7H2,2,4-5H3;11-15H,1,3,6-8H2,2,4-5H3/t10-,11-,12+;11-,12-,13-/m00/s1. The Morgan fingerprint density at radius 3 is 1.82 bits per heavy atom. The number of hydrogen-bond donors (Lipinski definition) is 2. The number of cyclic esters (lactones) is 1. The van der Waals surface area contributed by atoms with Gasteiger partial charge in [-0.05, 0) is 41.5 Å². The lowest BCUT2D eigenvalue weighted by molar-refractivity contribution is -0.149. The van der Waals surface area contributed by atoms with Gasteiger partial charge in [0.2, 0.25) is 0 Å². The number of carbonyl (C=O) groups is 1. The fraction of sp³-hybridized carbons (Fsp3) is 0.654. The van der Waals surface area contributed by atoms with E-state index in [0.717, 1.165) is 22.3 Å². The van der Waals surface area contributed by atoms with Crippen LogP contribution in [0.5, 0.6) is 0 Å². The van der Waals surface area contributed by atoms with Crippen LogP contribution >= 0.6 is 0 Å². The first-order chi connectivity index (χ1) is 15.8. The van der Waals surface area contributed by atoms with E-state index in [2.05, 4.69) is 26.3 Å². The Hall–Kier alpha value is -1.81. The number of hydrogen-bond acceptors (Lipinski definition) is 8. The van der Waals surface area contributed by atoms with Crippen LogP contribution in [0, 0.1) is 0 Å². The molecule has 0 aromatic rings. The average molecular weight is 485 g/mol. The third-order valence-electron chi connectivity index (χ3n) is 4.41. The van der Waals surface area contributed by atoms with Gasteiger partial charge in [0.25, 0.3) is 0 Å². The predicted octanol–water partition coefficient (Wildman–Crippen LogP) is 3.14. The third-order valence-corrected chi connectivity index (χ3v) is 4.41. The highest BCUT2D eigenvalue weighted by Gasteiger charge is 2.44. The summed E-state index contributed by atoms with van der Waals surface area (Å²) in [5.74, 6) is -0.370. The Morgan fingerprint density at radius 2 is 1.38 bits per heavy atom. The summed E-state index contributed by atoms with van der Waals surface area (Å²) in [7, 11) is 0. The number of ether oxygens (including phenoxy) is 5. The first-order valence-corrected chi connectivity index (χ1v) is 11.3. The van der Waals surface area contributed by atoms with E-state index >= 15 is 0 Å². The minimum absolute atomic E-state index is 0.209. The van der Waals surface area contributed by atoms with E-state index < -0.39 is 24.4 Å². The van der Waals surface area contributed by atoms with Gasteiger partial charge in [0.1, 0.15) is 24.4 Å². The molecule has 1 saturated heterocycles. The van der Waals surface area contributed by atoms with Crippen molar-refractivity contribution in [3.63, 3.8) is 0 Å². The second-order valence-corrected chi connectivity index (χ2v) is 9.03. The predicted molar refractivity (Wildman–Crippen MR) is 133 cm³/mol. The van der Waals surface area contributed by atoms with Crippen molar-refractivity contribution < 1.29 is 38.7 Å². The van der Waals surface area contributed by atoms with Crippen LogP contribution in [0.15, 0.2) is 48.6 Å². The smallest absolute Gasteiger partial charge is 0.338 e. The molecule has 0 saturated carbocycles. The molecule has 0 spiro atoms. The largest absolute Gasteiger partial charge is 0.458 e. The first kappa shape index (κ1) is 32.2. The van der Waals surface area contributed by atoms with E-state index in [1.807, 2.05) is 27.7 Å². The molecule has 1 aliphatic heterocycles. The molecule has 0 amide bonds. The van der Waals surface area contributed by atoms with Crippen molar-refractivity contribution in [3.05, 3.63) is 48.6 Å². The molecule has 1 heterocycles. The van der Waals surface area contributed by atoms with Gasteiger partial charge in [0, 0.05) is 0 Å². The van der Waals surface area contributed by atoms with E-state index in [1.165, 1.54) is 0 Å². The summed E-state index contributed by atoms with van der Waals surface area (Å²) in [6.45, 7) is 26.9. The first-order valence-electron chi connectivity index (χ1n) is 11.3. The molecule has 1 rings (SSSR count). The lowest BCUT2D eigenvalue weighted by atomic mass is 10.1. The molecule has 8 nitrogen and oxygen atoms in total. The molecule has 0 bridgehead atoms. The number of carbonyl (C=O) groups excluding carboxylic acids is 1. The minimum Gasteiger partial charge on any atom is -0.458 e. The summed E-state index contributed by atoms with van der Waals surface area (Å²) in [4.78, 5) is 11.6. The van der Waals surface area contributed by atoms with Crippen molar-refractivity contribution in [3.8, 4) is 0 Å². The fourth-order valence-electron chi connectivity index (χ4n) is 2.85. The van der Waals surface area contributed by atoms with Crippen molar-refractivity contribution in [2.75, 3.05) is 33.0 Å². The molecular weight excluding hydrogens is 440 g/mol. The maximum absolute atomic E-state index is 11.6. The van der Waals surface area contributed by atoms with Crippen LogP contribution in [0.4, 0.5) is 0 Å². The van der Waals surface area contributed by atoms with E-state index in [0.29, 0.717) is 26.4 Å². The van der Waals surface area contributed by atoms with Crippen LogP contribution < -0.4 is 0 Å². The van der Waals surface area contributed by atoms with E-state index in [4.69, 9.17) is 23.7 Å². The summed E-state index contributed by atoms with van der Waals surface area (Å²) in [6.07, 6.45) is -3.20. The van der Waals surface area contributed by atoms with Crippen LogP contribution in [-0.4, -0.2) is 85.8 Å². The van der Waals surface area contributed by atoms with Crippen LogP contribution in [-0.2, 0) is 28.5 Å². The Labute approximate surface area is 204 Å². The maximum atomic E-state index is 11.6. The van der Waals surface area contributed by atoms with Crippen molar-refractivity contribution in [2.45, 2.75) is 78.2 Å². The highest BCUT2D eigenvalue weighted by Crippen LogP contribution is 2.22. The number of rotatable bonds is 15. The summed E-state index contributed by atoms with van der Waals surface area (Å²) >= 11 is 0. The molecule has 196 valence electrons. The minimum atomic E-state index is -0.725. The highest BCUT2D eigenvalue weighted by atomic mass is 16.6. The molecule has 0 radical (unpaired) electrons. The average Bonchev–Trinajstić information content (AvgIpc) is 2.99. The van der Waals surface area contributed by atoms with E-state index in [1.54, 1.807) is 13.8 Å². The van der Waals surface area contributed by atoms with Gasteiger partial charge in [0.15, 0.2) is 6.10 Å². The Bertz CT molecular complexity index is 684. The fourth-order valence-corrected chi connectivity index (χ4v) is 2.85. The molecule has 0 aromatic carbocycles. The van der Waals surface area contributed by atoms with Gasteiger partial charge in [-0.2, -0.15) is 0 Å². The van der Waals surface area contributed by atoms with E-state index in [9.17, 15) is 15.0 Å². The van der Waals surface area contributed by atoms with Crippen LogP contribution in [0.3, 0.4) is 0 Å². The Kier molecular flexibility index (Phi) is 15.9. The Balaban J connectivity index is 0.000000641. The van der Waals surface area contributed by atoms with Crippen molar-refractivity contribution in [1.82, 2.24) is 0 Å². The molecule has 8 heteroatoms. The van der Waals surface area contributed by atoms with Crippen molar-refractivity contribution >= 4 is 5.97 Å². The molecule has 1 fully saturated rings. The molecule has 0 unspecified atom stereocenters. The lowest BCUT2D eigenvalue weighted by Crippen LogP contribution is -2.42. The summed E-state index contributed by atoms with van der Waals surface area (Å²) < 4.78 is 27.1. The van der Waals surface area contributed by atoms with Gasteiger partial charge in [-0.15, -0.1) is 0 Å². The van der Waals surface area contributed by atoms with Crippen LogP contribution in [0.1, 0.15) is 41.5 Å². The lowest BCUT2D eigenvalue weighted by Gasteiger charge is -2.28. The normalized spacial score (nSPS) is 22.1. The quantitative estimate of drug-likeness (QED) is 0.270. The van der Waals surface area contributed by atoms with Crippen LogP contribution in [0.2, 0.25) is 0 Å². The number of esters is 1. The van der Waals surface area contributed by atoms with Gasteiger partial charge >= 0.3 is 5.97 Å². The Morgan fingerprint density at radius 1 is 0.912 bits per heavy atom. The second-order valence-electron chi connectivity index (χ2n) is 9.03. The SMILES string of the molecule is C=C(C)CO[C@@H]([C@H](C)O)[C@H](CO)OCC(=C)C.C=C(C)CO[C@H]1[C@H](C)OC(=O)[C@@H]1OCC(=C)C. The molecule has 0 aliphatic carbocycles. The van der Waals surface area contributed by atoms with Gasteiger partial charge in [0.05, 0.1) is 39.1 Å². The molecule has 34 heavy (non-hydrogen) atoms. The van der Waals surface area contributed by atoms with Gasteiger partial charge in [-0.3, -0.25) is 0 Å². The summed E-state index contributed by atoms with van der Waals surface area (Å²) in [5.41, 5.74) is 3.46. The molecule has 2 N–H and O–H groups in total. The summed E-state index contributed by atoms with van der Waals surface area (Å²) in [6, 6.07) is 0. The molecule has 0 aromatic heterocycles. The van der Waals surface area contributed by atoms with E-state index in [-0.39, 0.29) is 24.8 Å². The monoisotopic (exact) mass is 484 g/mol. The van der Waals surface area contributed by atoms with Gasteiger partial charge in [-0.25, -0.2) is 4.79 Å². The highest BCUT2D eigenvalue weighted by molar-refractivity contribution is 5.78. The third kappa shape index (κ3) is 13.2. The zero-order valence-corrected chi connectivity index (χ0v) is 21.7. The molecule has 6 atom stereocenters. The van der Waals surface area contributed by atoms with Gasteiger partial charge < -0.3 is 33.9 Å². The topological polar surface area (TPSA) is 104 Å². The van der Waals surface area contributed by atoms with Crippen molar-refractivity contribution in [2.24, 2.45) is 0 Å². The van der Waals surface area contributed by atoms with Crippen molar-refractivity contribution in [1.29, 1.82) is 0 Å². The van der Waals surface area contributed by atoms with Crippen LogP contribution in [0.25, 0.3) is 0 Å². The zero-order valence-electron chi connectivity index (χ0n) is 21.7. The van der Waals surface area contributed by atoms with Gasteiger partial charge in [-0.1, -0.05) is 48.6 Å². The molecule has 1 aliphatic rings. The molecular formula is C26H44O8. The number of aliphatic hydroxyl groups excluding tert-OH is 2.